The minimum absolute atomic E-state index is 0.773. The van der Waals surface area contributed by atoms with Crippen LogP contribution in [0, 0.1) is 11.8 Å². The van der Waals surface area contributed by atoms with Crippen LogP contribution in [0.5, 0.6) is 0 Å². The highest BCUT2D eigenvalue weighted by Gasteiger charge is 2.46. The first kappa shape index (κ1) is 31.9. The SMILES string of the molecule is c1ccc(-n2c3ccccc3c3cc(-c4ccc(N(c5ccc(-c6ccc7c(c6)C6CC8CC7CC6C8)cc5)c5cccc6ccccc56)cc4)ccc32)cc1. The molecule has 2 heteroatoms. The van der Waals surface area contributed by atoms with Crippen molar-refractivity contribution in [2.24, 2.45) is 11.8 Å². The first-order valence-corrected chi connectivity index (χ1v) is 20.4. The molecule has 9 aromatic rings. The van der Waals surface area contributed by atoms with Crippen LogP contribution in [-0.2, 0) is 0 Å². The molecule has 0 amide bonds. The zero-order chi connectivity index (χ0) is 36.7. The summed E-state index contributed by atoms with van der Waals surface area (Å²) in [7, 11) is 0. The molecule has 12 rings (SSSR count). The average Bonchev–Trinajstić information content (AvgIpc) is 3.72. The van der Waals surface area contributed by atoms with E-state index in [-0.39, 0.29) is 0 Å². The van der Waals surface area contributed by atoms with E-state index in [1.54, 1.807) is 11.1 Å². The Morgan fingerprint density at radius 1 is 0.429 bits per heavy atom. The van der Waals surface area contributed by atoms with Crippen molar-refractivity contribution in [1.82, 2.24) is 4.57 Å². The third-order valence-corrected chi connectivity index (χ3v) is 13.5. The molecule has 3 aliphatic carbocycles. The Bertz CT molecular complexity index is 2930. The van der Waals surface area contributed by atoms with Crippen LogP contribution in [0.25, 0.3) is 60.5 Å². The molecule has 56 heavy (non-hydrogen) atoms. The molecule has 4 unspecified atom stereocenters. The molecule has 2 saturated carbocycles. The van der Waals surface area contributed by atoms with Crippen LogP contribution >= 0.6 is 0 Å². The third-order valence-electron chi connectivity index (χ3n) is 13.5. The molecule has 268 valence electrons. The van der Waals surface area contributed by atoms with E-state index in [4.69, 9.17) is 0 Å². The summed E-state index contributed by atoms with van der Waals surface area (Å²) in [5.41, 5.74) is 15.5. The Kier molecular flexibility index (Phi) is 7.17. The molecule has 0 spiro atoms. The molecular formula is C54H42N2. The van der Waals surface area contributed by atoms with Gasteiger partial charge in [-0.05, 0) is 149 Å². The van der Waals surface area contributed by atoms with Crippen molar-refractivity contribution in [3.05, 3.63) is 193 Å². The summed E-state index contributed by atoms with van der Waals surface area (Å²) in [5, 5.41) is 5.01. The molecule has 0 aliphatic heterocycles. The predicted octanol–water partition coefficient (Wildman–Crippen LogP) is 14.7. The first-order chi connectivity index (χ1) is 27.7. The van der Waals surface area contributed by atoms with Crippen LogP contribution < -0.4 is 4.90 Å². The zero-order valence-electron chi connectivity index (χ0n) is 31.4. The zero-order valence-corrected chi connectivity index (χ0v) is 31.4. The van der Waals surface area contributed by atoms with Gasteiger partial charge in [-0.25, -0.2) is 0 Å². The van der Waals surface area contributed by atoms with E-state index >= 15 is 0 Å². The van der Waals surface area contributed by atoms with Crippen molar-refractivity contribution in [2.75, 3.05) is 4.90 Å². The van der Waals surface area contributed by atoms with Gasteiger partial charge in [0.1, 0.15) is 0 Å². The maximum absolute atomic E-state index is 2.56. The molecule has 3 bridgehead atoms. The number of rotatable bonds is 6. The lowest BCUT2D eigenvalue weighted by molar-refractivity contribution is 0.296. The Morgan fingerprint density at radius 3 is 1.88 bits per heavy atom. The number of anilines is 3. The van der Waals surface area contributed by atoms with Crippen LogP contribution in [0.15, 0.2) is 182 Å². The van der Waals surface area contributed by atoms with Crippen LogP contribution in [0.2, 0.25) is 0 Å². The monoisotopic (exact) mass is 718 g/mol. The molecule has 2 fully saturated rings. The Morgan fingerprint density at radius 2 is 1.07 bits per heavy atom. The van der Waals surface area contributed by atoms with Gasteiger partial charge < -0.3 is 9.47 Å². The quantitative estimate of drug-likeness (QED) is 0.166. The van der Waals surface area contributed by atoms with Crippen molar-refractivity contribution in [3.8, 4) is 27.9 Å². The molecule has 1 aromatic heterocycles. The lowest BCUT2D eigenvalue weighted by Crippen LogP contribution is -2.22. The van der Waals surface area contributed by atoms with Gasteiger partial charge in [-0.2, -0.15) is 0 Å². The van der Waals surface area contributed by atoms with Gasteiger partial charge in [-0.1, -0.05) is 121 Å². The predicted molar refractivity (Wildman–Crippen MR) is 235 cm³/mol. The molecule has 1 heterocycles. The first-order valence-electron chi connectivity index (χ1n) is 20.4. The van der Waals surface area contributed by atoms with E-state index in [0.29, 0.717) is 0 Å². The fourth-order valence-corrected chi connectivity index (χ4v) is 11.1. The van der Waals surface area contributed by atoms with Gasteiger partial charge in [0.05, 0.1) is 16.7 Å². The molecular weight excluding hydrogens is 677 g/mol. The summed E-state index contributed by atoms with van der Waals surface area (Å²) < 4.78 is 2.38. The average molecular weight is 719 g/mol. The summed E-state index contributed by atoms with van der Waals surface area (Å²) in [6, 6.07) is 67.6. The largest absolute Gasteiger partial charge is 0.310 e. The Balaban J connectivity index is 0.926. The topological polar surface area (TPSA) is 8.17 Å². The second-order valence-electron chi connectivity index (χ2n) is 16.6. The van der Waals surface area contributed by atoms with E-state index in [1.165, 1.54) is 91.9 Å². The van der Waals surface area contributed by atoms with E-state index in [0.717, 1.165) is 35.0 Å². The summed E-state index contributed by atoms with van der Waals surface area (Å²) >= 11 is 0. The Hall–Kier alpha value is -6.38. The van der Waals surface area contributed by atoms with Gasteiger partial charge in [0.25, 0.3) is 0 Å². The molecule has 2 nitrogen and oxygen atoms in total. The number of benzene rings is 8. The summed E-state index contributed by atoms with van der Waals surface area (Å²) in [6.07, 6.45) is 5.69. The highest BCUT2D eigenvalue weighted by atomic mass is 15.1. The van der Waals surface area contributed by atoms with Crippen molar-refractivity contribution in [2.45, 2.75) is 37.5 Å². The fourth-order valence-electron chi connectivity index (χ4n) is 11.1. The molecule has 0 N–H and O–H groups in total. The number of aromatic nitrogens is 1. The number of para-hydroxylation sites is 2. The van der Waals surface area contributed by atoms with E-state index in [1.807, 2.05) is 0 Å². The van der Waals surface area contributed by atoms with Crippen molar-refractivity contribution >= 4 is 49.6 Å². The number of fused-ring (bicyclic) bond motifs is 9. The molecule has 3 aliphatic rings. The Labute approximate surface area is 328 Å². The van der Waals surface area contributed by atoms with Gasteiger partial charge in [0.2, 0.25) is 0 Å². The van der Waals surface area contributed by atoms with E-state index in [9.17, 15) is 0 Å². The van der Waals surface area contributed by atoms with Crippen LogP contribution in [0.1, 0.15) is 48.6 Å². The number of hydrogen-bond donors (Lipinski definition) is 0. The van der Waals surface area contributed by atoms with Crippen molar-refractivity contribution in [3.63, 3.8) is 0 Å². The number of nitrogens with zero attached hydrogens (tertiary/aromatic N) is 2. The van der Waals surface area contributed by atoms with Crippen molar-refractivity contribution in [1.29, 1.82) is 0 Å². The minimum atomic E-state index is 0.773. The molecule has 0 saturated heterocycles. The fraction of sp³-hybridized carbons (Fsp3) is 0.148. The highest BCUT2D eigenvalue weighted by molar-refractivity contribution is 6.10. The van der Waals surface area contributed by atoms with Gasteiger partial charge >= 0.3 is 0 Å². The second-order valence-corrected chi connectivity index (χ2v) is 16.6. The van der Waals surface area contributed by atoms with Crippen LogP contribution in [-0.4, -0.2) is 4.57 Å². The van der Waals surface area contributed by atoms with Crippen molar-refractivity contribution < 1.29 is 0 Å². The molecule has 8 aromatic carbocycles. The highest BCUT2D eigenvalue weighted by Crippen LogP contribution is 2.60. The maximum Gasteiger partial charge on any atom is 0.0541 e. The van der Waals surface area contributed by atoms with E-state index in [2.05, 4.69) is 191 Å². The lowest BCUT2D eigenvalue weighted by Gasteiger charge is -2.36. The van der Waals surface area contributed by atoms with Gasteiger partial charge in [-0.15, -0.1) is 0 Å². The lowest BCUT2D eigenvalue weighted by atomic mass is 9.68. The van der Waals surface area contributed by atoms with E-state index < -0.39 is 0 Å². The molecule has 4 atom stereocenters. The standard InChI is InChI=1S/C54H42N2/c1-2-11-43(12-3-1)56-53-15-7-6-14-48(53)51-34-40(22-28-54(51)56)37-19-25-45(26-20-37)55(52-16-8-10-38-9-4-5-13-47(38)52)44-23-17-36(18-24-44)39-21-27-46-41-29-35-30-42(32-41)49(31-35)50(46)33-39/h1-28,33-35,41-42,49H,29-32H2. The maximum atomic E-state index is 2.56. The smallest absolute Gasteiger partial charge is 0.0541 e. The van der Waals surface area contributed by atoms with Gasteiger partial charge in [0, 0.05) is 33.2 Å². The second kappa shape index (κ2) is 12.6. The van der Waals surface area contributed by atoms with Gasteiger partial charge in [-0.3, -0.25) is 0 Å². The third kappa shape index (κ3) is 5.02. The van der Waals surface area contributed by atoms with Crippen LogP contribution in [0.4, 0.5) is 17.1 Å². The number of hydrogen-bond acceptors (Lipinski definition) is 1. The molecule has 0 radical (unpaired) electrons. The minimum Gasteiger partial charge on any atom is -0.310 e. The summed E-state index contributed by atoms with van der Waals surface area (Å²) in [4.78, 5) is 2.43. The van der Waals surface area contributed by atoms with Crippen LogP contribution in [0.3, 0.4) is 0 Å². The summed E-state index contributed by atoms with van der Waals surface area (Å²) in [6.45, 7) is 0. The van der Waals surface area contributed by atoms with Gasteiger partial charge in [0.15, 0.2) is 0 Å². The summed E-state index contributed by atoms with van der Waals surface area (Å²) in [5.74, 6) is 3.42. The normalized spacial score (nSPS) is 19.5.